The average Bonchev–Trinajstić information content (AvgIpc) is 3.14. The molecule has 0 bridgehead atoms. The number of fused-ring (bicyclic) bond motifs is 1. The first-order valence-electron chi connectivity index (χ1n) is 9.65. The van der Waals surface area contributed by atoms with Crippen molar-refractivity contribution in [2.24, 2.45) is 0 Å². The summed E-state index contributed by atoms with van der Waals surface area (Å²) in [6.07, 6.45) is 3.63. The van der Waals surface area contributed by atoms with Crippen LogP contribution in [0, 0.1) is 0 Å². The molecule has 8 nitrogen and oxygen atoms in total. The van der Waals surface area contributed by atoms with Gasteiger partial charge in [-0.25, -0.2) is 13.4 Å². The summed E-state index contributed by atoms with van der Waals surface area (Å²) in [5.41, 5.74) is 3.06. The van der Waals surface area contributed by atoms with Gasteiger partial charge in [0.25, 0.3) is 5.56 Å². The molecule has 0 radical (unpaired) electrons. The van der Waals surface area contributed by atoms with Crippen LogP contribution in [0.1, 0.15) is 22.5 Å². The molecule has 4 rings (SSSR count). The Kier molecular flexibility index (Phi) is 5.48. The summed E-state index contributed by atoms with van der Waals surface area (Å²) in [5.74, 6) is 0.830. The minimum atomic E-state index is -3.54. The lowest BCUT2D eigenvalue weighted by atomic mass is 10.1. The maximum Gasteiger partial charge on any atom is 0.256 e. The van der Waals surface area contributed by atoms with E-state index in [0.717, 1.165) is 24.2 Å². The van der Waals surface area contributed by atoms with E-state index >= 15 is 0 Å². The minimum absolute atomic E-state index is 0.256. The van der Waals surface area contributed by atoms with E-state index in [1.165, 1.54) is 5.56 Å². The second-order valence-corrected chi connectivity index (χ2v) is 9.44. The van der Waals surface area contributed by atoms with Crippen molar-refractivity contribution in [3.05, 3.63) is 75.5 Å². The number of hydrogen-bond acceptors (Lipinski definition) is 6. The van der Waals surface area contributed by atoms with Gasteiger partial charge < -0.3 is 9.30 Å². The molecule has 1 N–H and O–H groups in total. The number of aromatic nitrogens is 3. The molecule has 0 amide bonds. The predicted molar refractivity (Wildman–Crippen MR) is 112 cm³/mol. The zero-order valence-corrected chi connectivity index (χ0v) is 17.8. The highest BCUT2D eigenvalue weighted by Crippen LogP contribution is 2.19. The standard InChI is InChI=1S/C21H24N4O4S/c1-29-17-7-5-15(6-8-17)12-25-10-3-4-16(25)13-24-11-9-19-18(14-24)20(26)23-21(22-19)30(2,27)28/h3-8,10H,9,11-14H2,1-2H3,(H,22,23,26). The highest BCUT2D eigenvalue weighted by molar-refractivity contribution is 7.90. The number of hydrogen-bond donors (Lipinski definition) is 1. The van der Waals surface area contributed by atoms with E-state index in [9.17, 15) is 13.2 Å². The minimum Gasteiger partial charge on any atom is -0.497 e. The molecule has 158 valence electrons. The first kappa shape index (κ1) is 20.4. The number of aromatic amines is 1. The van der Waals surface area contributed by atoms with Crippen molar-refractivity contribution in [2.45, 2.75) is 31.2 Å². The summed E-state index contributed by atoms with van der Waals surface area (Å²) in [5, 5.41) is -0.256. The molecular formula is C21H24N4O4S. The van der Waals surface area contributed by atoms with E-state index in [1.807, 2.05) is 36.5 Å². The van der Waals surface area contributed by atoms with E-state index in [4.69, 9.17) is 4.74 Å². The highest BCUT2D eigenvalue weighted by atomic mass is 32.2. The molecule has 0 saturated carbocycles. The number of nitrogens with zero attached hydrogens (tertiary/aromatic N) is 3. The number of methoxy groups -OCH3 is 1. The summed E-state index contributed by atoms with van der Waals surface area (Å²) in [4.78, 5) is 21.2. The van der Waals surface area contributed by atoms with Crippen molar-refractivity contribution < 1.29 is 13.2 Å². The van der Waals surface area contributed by atoms with Gasteiger partial charge in [-0.2, -0.15) is 0 Å². The SMILES string of the molecule is COc1ccc(Cn2cccc2CN2CCc3nc(S(C)(=O)=O)[nH]c(=O)c3C2)cc1. The molecule has 0 aliphatic carbocycles. The number of benzene rings is 1. The van der Waals surface area contributed by atoms with E-state index in [0.29, 0.717) is 37.3 Å². The maximum absolute atomic E-state index is 12.4. The molecule has 3 aromatic rings. The lowest BCUT2D eigenvalue weighted by Gasteiger charge is -2.28. The summed E-state index contributed by atoms with van der Waals surface area (Å²) in [6.45, 7) is 2.59. The predicted octanol–water partition coefficient (Wildman–Crippen LogP) is 1.59. The monoisotopic (exact) mass is 428 g/mol. The number of sulfone groups is 1. The molecule has 0 spiro atoms. The van der Waals surface area contributed by atoms with Crippen LogP contribution in [-0.2, 0) is 35.9 Å². The third-order valence-electron chi connectivity index (χ3n) is 5.30. The molecule has 3 heterocycles. The van der Waals surface area contributed by atoms with Crippen molar-refractivity contribution in [3.63, 3.8) is 0 Å². The fraction of sp³-hybridized carbons (Fsp3) is 0.333. The number of ether oxygens (including phenoxy) is 1. The first-order valence-corrected chi connectivity index (χ1v) is 11.5. The smallest absolute Gasteiger partial charge is 0.256 e. The van der Waals surface area contributed by atoms with Gasteiger partial charge in [0, 0.05) is 50.7 Å². The Bertz CT molecular complexity index is 1210. The fourth-order valence-corrected chi connectivity index (χ4v) is 4.23. The molecular weight excluding hydrogens is 404 g/mol. The summed E-state index contributed by atoms with van der Waals surface area (Å²) < 4.78 is 30.8. The molecule has 0 atom stereocenters. The first-order chi connectivity index (χ1) is 14.3. The third kappa shape index (κ3) is 4.31. The van der Waals surface area contributed by atoms with Crippen molar-refractivity contribution in [1.82, 2.24) is 19.4 Å². The fourth-order valence-electron chi connectivity index (χ4n) is 3.67. The molecule has 9 heteroatoms. The molecule has 30 heavy (non-hydrogen) atoms. The van der Waals surface area contributed by atoms with Gasteiger partial charge in [0.1, 0.15) is 5.75 Å². The van der Waals surface area contributed by atoms with Gasteiger partial charge in [-0.05, 0) is 29.8 Å². The Morgan fingerprint density at radius 2 is 1.93 bits per heavy atom. The quantitative estimate of drug-likeness (QED) is 0.599. The van der Waals surface area contributed by atoms with Crippen LogP contribution >= 0.6 is 0 Å². The van der Waals surface area contributed by atoms with Gasteiger partial charge in [-0.3, -0.25) is 14.7 Å². The van der Waals surface area contributed by atoms with Crippen LogP contribution in [0.3, 0.4) is 0 Å². The second-order valence-electron chi connectivity index (χ2n) is 7.50. The van der Waals surface area contributed by atoms with Crippen LogP contribution in [-0.4, -0.2) is 47.8 Å². The largest absolute Gasteiger partial charge is 0.497 e. The summed E-state index contributed by atoms with van der Waals surface area (Å²) in [7, 11) is -1.89. The van der Waals surface area contributed by atoms with Crippen molar-refractivity contribution in [1.29, 1.82) is 0 Å². The van der Waals surface area contributed by atoms with Gasteiger partial charge in [0.2, 0.25) is 15.0 Å². The number of H-pyrrole nitrogens is 1. The third-order valence-corrected chi connectivity index (χ3v) is 6.19. The molecule has 1 aromatic carbocycles. The van der Waals surface area contributed by atoms with Crippen LogP contribution in [0.2, 0.25) is 0 Å². The average molecular weight is 429 g/mol. The van der Waals surface area contributed by atoms with E-state index in [1.54, 1.807) is 7.11 Å². The molecule has 1 aliphatic rings. The van der Waals surface area contributed by atoms with Gasteiger partial charge in [0.05, 0.1) is 18.4 Å². The second kappa shape index (κ2) is 8.08. The van der Waals surface area contributed by atoms with Crippen LogP contribution in [0.25, 0.3) is 0 Å². The van der Waals surface area contributed by atoms with Gasteiger partial charge >= 0.3 is 0 Å². The molecule has 1 aliphatic heterocycles. The van der Waals surface area contributed by atoms with Gasteiger partial charge in [-0.1, -0.05) is 12.1 Å². The zero-order valence-electron chi connectivity index (χ0n) is 17.0. The molecule has 0 saturated heterocycles. The maximum atomic E-state index is 12.4. The molecule has 0 fully saturated rings. The van der Waals surface area contributed by atoms with Crippen molar-refractivity contribution in [2.75, 3.05) is 19.9 Å². The summed E-state index contributed by atoms with van der Waals surface area (Å²) in [6, 6.07) is 12.1. The van der Waals surface area contributed by atoms with E-state index in [-0.39, 0.29) is 10.7 Å². The highest BCUT2D eigenvalue weighted by Gasteiger charge is 2.24. The Morgan fingerprint density at radius 3 is 2.63 bits per heavy atom. The Morgan fingerprint density at radius 1 is 1.17 bits per heavy atom. The van der Waals surface area contributed by atoms with E-state index in [2.05, 4.69) is 25.5 Å². The van der Waals surface area contributed by atoms with Crippen LogP contribution in [0.4, 0.5) is 0 Å². The summed E-state index contributed by atoms with van der Waals surface area (Å²) >= 11 is 0. The van der Waals surface area contributed by atoms with Crippen LogP contribution in [0.15, 0.2) is 52.5 Å². The Labute approximate surface area is 175 Å². The Hall–Kier alpha value is -2.91. The van der Waals surface area contributed by atoms with Crippen molar-refractivity contribution in [3.8, 4) is 5.75 Å². The molecule has 0 unspecified atom stereocenters. The van der Waals surface area contributed by atoms with E-state index < -0.39 is 9.84 Å². The lowest BCUT2D eigenvalue weighted by molar-refractivity contribution is 0.235. The van der Waals surface area contributed by atoms with Crippen LogP contribution < -0.4 is 10.3 Å². The van der Waals surface area contributed by atoms with Gasteiger partial charge in [-0.15, -0.1) is 0 Å². The zero-order chi connectivity index (χ0) is 21.3. The van der Waals surface area contributed by atoms with Crippen LogP contribution in [0.5, 0.6) is 5.75 Å². The normalized spacial score (nSPS) is 14.5. The lowest BCUT2D eigenvalue weighted by Crippen LogP contribution is -2.36. The number of rotatable bonds is 6. The Balaban J connectivity index is 1.49. The topological polar surface area (TPSA) is 97.3 Å². The van der Waals surface area contributed by atoms with Crippen molar-refractivity contribution >= 4 is 9.84 Å². The van der Waals surface area contributed by atoms with Gasteiger partial charge in [0.15, 0.2) is 0 Å². The molecule has 2 aromatic heterocycles. The number of nitrogens with one attached hydrogen (secondary N) is 1.